The molecule has 0 spiro atoms. The maximum Gasteiger partial charge on any atom is 0.281 e. The number of amides is 1. The monoisotopic (exact) mass is 508 g/mol. The first kappa shape index (κ1) is 24.6. The van der Waals surface area contributed by atoms with Gasteiger partial charge < -0.3 is 19.5 Å². The maximum absolute atomic E-state index is 13.1. The minimum Gasteiger partial charge on any atom is -0.496 e. The van der Waals surface area contributed by atoms with Crippen LogP contribution < -0.4 is 24.4 Å². The number of methoxy groups -OCH3 is 1. The average Bonchev–Trinajstić information content (AvgIpc) is 3.12. The fraction of sp³-hybridized carbons (Fsp3) is 0.185. The van der Waals surface area contributed by atoms with Crippen LogP contribution in [0.4, 0.5) is 5.69 Å². The van der Waals surface area contributed by atoms with Gasteiger partial charge in [-0.1, -0.05) is 17.7 Å². The van der Waals surface area contributed by atoms with E-state index < -0.39 is 0 Å². The fourth-order valence-electron chi connectivity index (χ4n) is 3.73. The van der Waals surface area contributed by atoms with Crippen LogP contribution in [0.5, 0.6) is 17.2 Å². The smallest absolute Gasteiger partial charge is 0.281 e. The molecule has 0 aliphatic carbocycles. The van der Waals surface area contributed by atoms with Crippen molar-refractivity contribution in [3.05, 3.63) is 88.1 Å². The fourth-order valence-corrected chi connectivity index (χ4v) is 4.25. The summed E-state index contributed by atoms with van der Waals surface area (Å²) >= 11 is 11.5. The lowest BCUT2D eigenvalue weighted by molar-refractivity contribution is -0.113. The summed E-state index contributed by atoms with van der Waals surface area (Å²) in [5.74, 6) is 1.93. The molecule has 1 aliphatic heterocycles. The van der Waals surface area contributed by atoms with Crippen molar-refractivity contribution >= 4 is 46.6 Å². The van der Waals surface area contributed by atoms with Crippen LogP contribution in [0.2, 0.25) is 5.02 Å². The van der Waals surface area contributed by atoms with E-state index in [-0.39, 0.29) is 5.91 Å². The molecule has 8 heteroatoms. The minimum atomic E-state index is -0.232. The van der Waals surface area contributed by atoms with E-state index in [0.717, 1.165) is 28.2 Å². The second-order valence-corrected chi connectivity index (χ2v) is 8.65. The molecule has 1 aliphatic rings. The van der Waals surface area contributed by atoms with Crippen molar-refractivity contribution in [2.75, 3.05) is 18.6 Å². The molecule has 0 atom stereocenters. The summed E-state index contributed by atoms with van der Waals surface area (Å²) in [7, 11) is 1.61. The van der Waals surface area contributed by atoms with Crippen molar-refractivity contribution in [1.82, 2.24) is 5.32 Å². The van der Waals surface area contributed by atoms with Gasteiger partial charge in [0.2, 0.25) is 0 Å². The molecule has 1 fully saturated rings. The highest BCUT2D eigenvalue weighted by Crippen LogP contribution is 2.28. The molecule has 35 heavy (non-hydrogen) atoms. The predicted octanol–water partition coefficient (Wildman–Crippen LogP) is 5.90. The van der Waals surface area contributed by atoms with Crippen LogP contribution in [-0.2, 0) is 11.4 Å². The average molecular weight is 509 g/mol. The van der Waals surface area contributed by atoms with Gasteiger partial charge in [0.1, 0.15) is 29.6 Å². The Morgan fingerprint density at radius 1 is 1.03 bits per heavy atom. The van der Waals surface area contributed by atoms with Crippen LogP contribution in [0.25, 0.3) is 6.08 Å². The number of nitrogens with one attached hydrogen (secondary N) is 1. The van der Waals surface area contributed by atoms with Crippen LogP contribution in [-0.4, -0.2) is 24.7 Å². The molecule has 1 amide bonds. The number of halogens is 1. The Kier molecular flexibility index (Phi) is 7.58. The van der Waals surface area contributed by atoms with E-state index in [9.17, 15) is 4.79 Å². The summed E-state index contributed by atoms with van der Waals surface area (Å²) < 4.78 is 17.0. The Balaban J connectivity index is 1.54. The van der Waals surface area contributed by atoms with Gasteiger partial charge >= 0.3 is 0 Å². The Hall–Kier alpha value is -3.55. The molecule has 4 rings (SSSR count). The van der Waals surface area contributed by atoms with Crippen molar-refractivity contribution in [3.8, 4) is 17.2 Å². The van der Waals surface area contributed by atoms with Crippen molar-refractivity contribution in [2.24, 2.45) is 0 Å². The lowest BCUT2D eigenvalue weighted by atomic mass is 10.1. The van der Waals surface area contributed by atoms with Gasteiger partial charge in [-0.05, 0) is 97.9 Å². The highest BCUT2D eigenvalue weighted by Gasteiger charge is 2.32. The Morgan fingerprint density at radius 3 is 2.46 bits per heavy atom. The van der Waals surface area contributed by atoms with Gasteiger partial charge in [-0.2, -0.15) is 0 Å². The largest absolute Gasteiger partial charge is 0.496 e. The molecule has 0 unspecified atom stereocenters. The van der Waals surface area contributed by atoms with Gasteiger partial charge in [-0.15, -0.1) is 0 Å². The number of rotatable bonds is 8. The van der Waals surface area contributed by atoms with Gasteiger partial charge in [-0.3, -0.25) is 9.69 Å². The highest BCUT2D eigenvalue weighted by molar-refractivity contribution is 7.80. The first-order valence-electron chi connectivity index (χ1n) is 11.1. The lowest BCUT2D eigenvalue weighted by Gasteiger charge is -2.14. The molecule has 1 saturated heterocycles. The molecule has 1 N–H and O–H groups in total. The van der Waals surface area contributed by atoms with E-state index >= 15 is 0 Å². The van der Waals surface area contributed by atoms with Crippen molar-refractivity contribution in [1.29, 1.82) is 0 Å². The summed E-state index contributed by atoms with van der Waals surface area (Å²) in [6.45, 7) is 4.73. The SMILES string of the molecule is CCOc1ccc(N2C(=O)/C(=C\c3ccc(OC)c(COc4ccc(Cl)cc4C)c3)NC2=S)cc1. The first-order chi connectivity index (χ1) is 16.9. The molecule has 1 heterocycles. The number of thiocarbonyl (C=S) groups is 1. The number of carbonyl (C=O) groups is 1. The molecule has 6 nitrogen and oxygen atoms in total. The van der Waals surface area contributed by atoms with Crippen LogP contribution in [0.3, 0.4) is 0 Å². The summed E-state index contributed by atoms with van der Waals surface area (Å²) in [5.41, 5.74) is 3.64. The van der Waals surface area contributed by atoms with Crippen molar-refractivity contribution in [2.45, 2.75) is 20.5 Å². The molecular weight excluding hydrogens is 484 g/mol. The van der Waals surface area contributed by atoms with Crippen molar-refractivity contribution in [3.63, 3.8) is 0 Å². The normalized spacial score (nSPS) is 14.3. The molecule has 0 aromatic heterocycles. The lowest BCUT2D eigenvalue weighted by Crippen LogP contribution is -2.30. The second kappa shape index (κ2) is 10.8. The maximum atomic E-state index is 13.1. The third kappa shape index (κ3) is 5.58. The zero-order chi connectivity index (χ0) is 24.9. The third-order valence-corrected chi connectivity index (χ3v) is 5.94. The number of benzene rings is 3. The van der Waals surface area contributed by atoms with Crippen LogP contribution in [0, 0.1) is 6.92 Å². The standard InChI is InChI=1S/C27H25ClN2O4S/c1-4-33-22-9-7-21(8-10-22)30-26(31)23(29-27(30)35)15-18-5-11-25(32-3)19(14-18)16-34-24-12-6-20(28)13-17(24)2/h5-15H,4,16H2,1-3H3,(H,29,35)/b23-15+. The van der Waals surface area contributed by atoms with E-state index in [1.807, 2.05) is 56.3 Å². The number of carbonyl (C=O) groups excluding carboxylic acids is 1. The van der Waals surface area contributed by atoms with E-state index in [0.29, 0.717) is 40.5 Å². The highest BCUT2D eigenvalue weighted by atomic mass is 35.5. The quantitative estimate of drug-likeness (QED) is 0.302. The van der Waals surface area contributed by atoms with E-state index in [4.69, 9.17) is 38.0 Å². The molecule has 0 saturated carbocycles. The van der Waals surface area contributed by atoms with E-state index in [1.165, 1.54) is 4.90 Å². The summed E-state index contributed by atoms with van der Waals surface area (Å²) in [4.78, 5) is 14.6. The van der Waals surface area contributed by atoms with Crippen LogP contribution >= 0.6 is 23.8 Å². The molecule has 0 radical (unpaired) electrons. The molecule has 3 aromatic rings. The van der Waals surface area contributed by atoms with Gasteiger partial charge in [-0.25, -0.2) is 0 Å². The van der Waals surface area contributed by atoms with Gasteiger partial charge in [0.25, 0.3) is 5.91 Å². The van der Waals surface area contributed by atoms with Gasteiger partial charge in [0, 0.05) is 10.6 Å². The van der Waals surface area contributed by atoms with Gasteiger partial charge in [0.15, 0.2) is 5.11 Å². The molecule has 3 aromatic carbocycles. The number of hydrogen-bond donors (Lipinski definition) is 1. The summed E-state index contributed by atoms with van der Waals surface area (Å²) in [5, 5.41) is 4.00. The Bertz CT molecular complexity index is 1290. The third-order valence-electron chi connectivity index (χ3n) is 5.42. The number of hydrogen-bond acceptors (Lipinski definition) is 5. The first-order valence-corrected chi connectivity index (χ1v) is 11.8. The topological polar surface area (TPSA) is 60.0 Å². The van der Waals surface area contributed by atoms with E-state index in [2.05, 4.69) is 5.32 Å². The molecular formula is C27H25ClN2O4S. The molecule has 0 bridgehead atoms. The zero-order valence-electron chi connectivity index (χ0n) is 19.6. The predicted molar refractivity (Wildman–Crippen MR) is 142 cm³/mol. The number of anilines is 1. The Labute approximate surface area is 215 Å². The van der Waals surface area contributed by atoms with Crippen molar-refractivity contribution < 1.29 is 19.0 Å². The number of nitrogens with zero attached hydrogens (tertiary/aromatic N) is 1. The number of aryl methyl sites for hydroxylation is 1. The van der Waals surface area contributed by atoms with Gasteiger partial charge in [0.05, 0.1) is 19.4 Å². The zero-order valence-corrected chi connectivity index (χ0v) is 21.2. The second-order valence-electron chi connectivity index (χ2n) is 7.83. The molecule has 180 valence electrons. The van der Waals surface area contributed by atoms with Crippen LogP contribution in [0.1, 0.15) is 23.6 Å². The Morgan fingerprint density at radius 2 is 1.77 bits per heavy atom. The van der Waals surface area contributed by atoms with E-state index in [1.54, 1.807) is 31.4 Å². The van der Waals surface area contributed by atoms with Crippen LogP contribution in [0.15, 0.2) is 66.4 Å². The summed E-state index contributed by atoms with van der Waals surface area (Å²) in [6, 6.07) is 18.4. The number of ether oxygens (including phenoxy) is 3. The minimum absolute atomic E-state index is 0.232. The summed E-state index contributed by atoms with van der Waals surface area (Å²) in [6.07, 6.45) is 1.76.